The van der Waals surface area contributed by atoms with Crippen LogP contribution in [0.1, 0.15) is 61.5 Å². The second kappa shape index (κ2) is 10.6. The van der Waals surface area contributed by atoms with E-state index in [1.807, 2.05) is 24.1 Å². The number of carboxylic acids is 1. The van der Waals surface area contributed by atoms with Crippen LogP contribution in [0.2, 0.25) is 0 Å². The predicted octanol–water partition coefficient (Wildman–Crippen LogP) is 2.93. The molecule has 8 heteroatoms. The molecule has 0 radical (unpaired) electrons. The standard InChI is InChI=1S/C22H33N3O4S/c1-3-13-30-20-17(21(28)25(2)16-7-11-29-12-8-16)5-6-18(24-20)22(14-19(26)27)9-4-10-23-15-22/h5-6,16,23H,3-4,7-15H2,1-2H3,(H,26,27)/t22-/m0/s1. The first kappa shape index (κ1) is 23.0. The maximum atomic E-state index is 13.3. The summed E-state index contributed by atoms with van der Waals surface area (Å²) in [6, 6.07) is 3.91. The molecule has 1 amide bonds. The minimum atomic E-state index is -0.817. The van der Waals surface area contributed by atoms with E-state index in [0.717, 1.165) is 50.1 Å². The monoisotopic (exact) mass is 435 g/mol. The van der Waals surface area contributed by atoms with Crippen molar-refractivity contribution in [3.63, 3.8) is 0 Å². The van der Waals surface area contributed by atoms with E-state index < -0.39 is 11.4 Å². The van der Waals surface area contributed by atoms with Crippen LogP contribution in [0.4, 0.5) is 0 Å². The third-order valence-corrected chi connectivity index (χ3v) is 7.29. The zero-order valence-corrected chi connectivity index (χ0v) is 18.8. The van der Waals surface area contributed by atoms with Crippen molar-refractivity contribution < 1.29 is 19.4 Å². The Labute approximate surface area is 183 Å². The summed E-state index contributed by atoms with van der Waals surface area (Å²) in [6.07, 6.45) is 4.41. The molecule has 0 aromatic carbocycles. The summed E-state index contributed by atoms with van der Waals surface area (Å²) in [5, 5.41) is 13.6. The molecule has 2 aliphatic heterocycles. The number of ether oxygens (including phenoxy) is 1. The number of rotatable bonds is 8. The molecule has 0 spiro atoms. The molecule has 2 N–H and O–H groups in total. The van der Waals surface area contributed by atoms with E-state index in [9.17, 15) is 14.7 Å². The van der Waals surface area contributed by atoms with Crippen LogP contribution in [-0.2, 0) is 14.9 Å². The van der Waals surface area contributed by atoms with Crippen LogP contribution in [0.25, 0.3) is 0 Å². The van der Waals surface area contributed by atoms with Gasteiger partial charge in [-0.05, 0) is 56.5 Å². The lowest BCUT2D eigenvalue weighted by Crippen LogP contribution is -2.45. The van der Waals surface area contributed by atoms with Crippen molar-refractivity contribution in [2.24, 2.45) is 0 Å². The van der Waals surface area contributed by atoms with Gasteiger partial charge in [0.05, 0.1) is 12.0 Å². The molecule has 3 rings (SSSR count). The first-order valence-corrected chi connectivity index (χ1v) is 11.9. The smallest absolute Gasteiger partial charge is 0.304 e. The van der Waals surface area contributed by atoms with Gasteiger partial charge < -0.3 is 20.1 Å². The van der Waals surface area contributed by atoms with Gasteiger partial charge in [0.15, 0.2) is 0 Å². The zero-order chi connectivity index (χ0) is 21.6. The van der Waals surface area contributed by atoms with Gasteiger partial charge in [-0.15, -0.1) is 11.8 Å². The minimum absolute atomic E-state index is 0.0198. The second-order valence-corrected chi connectivity index (χ2v) is 9.37. The number of hydrogen-bond acceptors (Lipinski definition) is 6. The fourth-order valence-electron chi connectivity index (χ4n) is 4.35. The topological polar surface area (TPSA) is 91.8 Å². The Morgan fingerprint density at radius 2 is 2.13 bits per heavy atom. The van der Waals surface area contributed by atoms with Gasteiger partial charge in [0.2, 0.25) is 0 Å². The van der Waals surface area contributed by atoms with Crippen molar-refractivity contribution in [3.8, 4) is 0 Å². The summed E-state index contributed by atoms with van der Waals surface area (Å²) in [6.45, 7) is 4.96. The lowest BCUT2D eigenvalue weighted by atomic mass is 9.74. The van der Waals surface area contributed by atoms with Gasteiger partial charge in [-0.2, -0.15) is 0 Å². The van der Waals surface area contributed by atoms with E-state index in [4.69, 9.17) is 9.72 Å². The van der Waals surface area contributed by atoms with E-state index in [-0.39, 0.29) is 18.4 Å². The number of aliphatic carboxylic acids is 1. The number of piperidine rings is 1. The van der Waals surface area contributed by atoms with E-state index in [1.54, 1.807) is 11.8 Å². The number of thioether (sulfide) groups is 1. The highest BCUT2D eigenvalue weighted by Gasteiger charge is 2.38. The largest absolute Gasteiger partial charge is 0.481 e. The van der Waals surface area contributed by atoms with Crippen LogP contribution in [0.3, 0.4) is 0 Å². The second-order valence-electron chi connectivity index (χ2n) is 8.29. The highest BCUT2D eigenvalue weighted by molar-refractivity contribution is 7.99. The fraction of sp³-hybridized carbons (Fsp3) is 0.682. The number of amides is 1. The molecular weight excluding hydrogens is 402 g/mol. The Hall–Kier alpha value is -1.64. The summed E-state index contributed by atoms with van der Waals surface area (Å²) in [7, 11) is 1.86. The lowest BCUT2D eigenvalue weighted by molar-refractivity contribution is -0.138. The van der Waals surface area contributed by atoms with E-state index in [1.165, 1.54) is 0 Å². The molecule has 2 aliphatic rings. The maximum Gasteiger partial charge on any atom is 0.304 e. The molecule has 3 heterocycles. The first-order chi connectivity index (χ1) is 14.5. The van der Waals surface area contributed by atoms with Crippen molar-refractivity contribution >= 4 is 23.6 Å². The Bertz CT molecular complexity index is 746. The molecule has 166 valence electrons. The predicted molar refractivity (Wildman–Crippen MR) is 117 cm³/mol. The Morgan fingerprint density at radius 1 is 1.37 bits per heavy atom. The van der Waals surface area contributed by atoms with Crippen LogP contribution in [0.15, 0.2) is 17.2 Å². The molecule has 1 atom stereocenters. The molecule has 0 saturated carbocycles. The average molecular weight is 436 g/mol. The van der Waals surface area contributed by atoms with E-state index >= 15 is 0 Å². The van der Waals surface area contributed by atoms with Gasteiger partial charge in [0.1, 0.15) is 5.03 Å². The summed E-state index contributed by atoms with van der Waals surface area (Å²) in [4.78, 5) is 31.6. The van der Waals surface area contributed by atoms with E-state index in [0.29, 0.717) is 30.3 Å². The molecule has 1 aromatic rings. The van der Waals surface area contributed by atoms with Gasteiger partial charge >= 0.3 is 5.97 Å². The Kier molecular flexibility index (Phi) is 8.13. The minimum Gasteiger partial charge on any atom is -0.481 e. The number of pyridine rings is 1. The van der Waals surface area contributed by atoms with Crippen molar-refractivity contribution in [3.05, 3.63) is 23.4 Å². The zero-order valence-electron chi connectivity index (χ0n) is 18.0. The third kappa shape index (κ3) is 5.34. The Balaban J connectivity index is 1.92. The number of hydrogen-bond donors (Lipinski definition) is 2. The quantitative estimate of drug-likeness (QED) is 0.607. The number of carbonyl (C=O) groups excluding carboxylic acids is 1. The average Bonchev–Trinajstić information content (AvgIpc) is 2.77. The fourth-order valence-corrected chi connectivity index (χ4v) is 5.22. The highest BCUT2D eigenvalue weighted by atomic mass is 32.2. The van der Waals surface area contributed by atoms with Crippen molar-refractivity contribution in [2.75, 3.05) is 39.1 Å². The van der Waals surface area contributed by atoms with E-state index in [2.05, 4.69) is 12.2 Å². The summed E-state index contributed by atoms with van der Waals surface area (Å²) in [5.74, 6) is 0.0262. The molecular formula is C22H33N3O4S. The van der Waals surface area contributed by atoms with Crippen LogP contribution in [-0.4, -0.2) is 72.0 Å². The van der Waals surface area contributed by atoms with Crippen LogP contribution >= 0.6 is 11.8 Å². The van der Waals surface area contributed by atoms with Crippen molar-refractivity contribution in [1.82, 2.24) is 15.2 Å². The number of aromatic nitrogens is 1. The van der Waals surface area contributed by atoms with Gasteiger partial charge in [0.25, 0.3) is 5.91 Å². The summed E-state index contributed by atoms with van der Waals surface area (Å²) in [5.41, 5.74) is 0.862. The molecule has 0 bridgehead atoms. The van der Waals surface area contributed by atoms with Crippen LogP contribution in [0, 0.1) is 0 Å². The number of nitrogens with one attached hydrogen (secondary N) is 1. The van der Waals surface area contributed by atoms with Crippen molar-refractivity contribution in [2.45, 2.75) is 61.9 Å². The lowest BCUT2D eigenvalue weighted by Gasteiger charge is -2.36. The maximum absolute atomic E-state index is 13.3. The van der Waals surface area contributed by atoms with Crippen LogP contribution < -0.4 is 5.32 Å². The first-order valence-electron chi connectivity index (χ1n) is 10.9. The summed E-state index contributed by atoms with van der Waals surface area (Å²) < 4.78 is 5.43. The molecule has 7 nitrogen and oxygen atoms in total. The van der Waals surface area contributed by atoms with Gasteiger partial charge in [-0.1, -0.05) is 6.92 Å². The SMILES string of the molecule is CCCSc1nc([C@]2(CC(=O)O)CCCNC2)ccc1C(=O)N(C)C1CCOCC1. The normalized spacial score (nSPS) is 22.6. The molecule has 2 fully saturated rings. The molecule has 30 heavy (non-hydrogen) atoms. The molecule has 1 aromatic heterocycles. The van der Waals surface area contributed by atoms with Crippen LogP contribution in [0.5, 0.6) is 0 Å². The number of carboxylic acid groups (broad SMARTS) is 1. The van der Waals surface area contributed by atoms with Crippen molar-refractivity contribution in [1.29, 1.82) is 0 Å². The molecule has 2 saturated heterocycles. The summed E-state index contributed by atoms with van der Waals surface area (Å²) >= 11 is 1.58. The van der Waals surface area contributed by atoms with Gasteiger partial charge in [-0.25, -0.2) is 4.98 Å². The Morgan fingerprint density at radius 3 is 2.77 bits per heavy atom. The highest BCUT2D eigenvalue weighted by Crippen LogP contribution is 2.36. The van der Waals surface area contributed by atoms with Gasteiger partial charge in [-0.3, -0.25) is 9.59 Å². The number of nitrogens with zero attached hydrogens (tertiary/aromatic N) is 2. The molecule has 0 aliphatic carbocycles. The molecule has 0 unspecified atom stereocenters. The third-order valence-electron chi connectivity index (χ3n) is 6.10. The van der Waals surface area contributed by atoms with Gasteiger partial charge in [0, 0.05) is 44.0 Å². The number of carbonyl (C=O) groups is 2.